The molecule has 0 saturated heterocycles. The first kappa shape index (κ1) is 23.9. The third-order valence-corrected chi connectivity index (χ3v) is 8.15. The fourth-order valence-electron chi connectivity index (χ4n) is 3.32. The van der Waals surface area contributed by atoms with Crippen LogP contribution in [0.2, 0.25) is 0 Å². The van der Waals surface area contributed by atoms with Crippen molar-refractivity contribution in [2.45, 2.75) is 31.6 Å². The molecule has 2 aromatic carbocycles. The van der Waals surface area contributed by atoms with Crippen molar-refractivity contribution < 1.29 is 22.7 Å². The van der Waals surface area contributed by atoms with Gasteiger partial charge in [0, 0.05) is 28.7 Å². The third kappa shape index (κ3) is 4.85. The Labute approximate surface area is 192 Å². The molecule has 1 amide bonds. The first-order valence-corrected chi connectivity index (χ1v) is 12.6. The van der Waals surface area contributed by atoms with Gasteiger partial charge in [-0.2, -0.15) is 4.31 Å². The number of amides is 1. The van der Waals surface area contributed by atoms with Crippen molar-refractivity contribution >= 4 is 48.3 Å². The molecule has 32 heavy (non-hydrogen) atoms. The van der Waals surface area contributed by atoms with E-state index in [1.807, 2.05) is 25.1 Å². The van der Waals surface area contributed by atoms with Crippen molar-refractivity contribution in [1.29, 1.82) is 0 Å². The zero-order chi connectivity index (χ0) is 23.3. The summed E-state index contributed by atoms with van der Waals surface area (Å²) in [5.41, 5.74) is 0.587. The zero-order valence-corrected chi connectivity index (χ0v) is 19.9. The number of rotatable bonds is 9. The lowest BCUT2D eigenvalue weighted by Gasteiger charge is -2.20. The maximum Gasteiger partial charge on any atom is 0.341 e. The zero-order valence-electron chi connectivity index (χ0n) is 18.3. The van der Waals surface area contributed by atoms with E-state index in [0.29, 0.717) is 29.0 Å². The van der Waals surface area contributed by atoms with Crippen molar-refractivity contribution in [1.82, 2.24) is 4.31 Å². The molecule has 0 aliphatic carbocycles. The topological polar surface area (TPSA) is 92.8 Å². The van der Waals surface area contributed by atoms with Crippen molar-refractivity contribution in [2.75, 3.05) is 25.5 Å². The SMILES string of the molecule is CCCCN(CC)S(=O)(=O)c1ccc(C(=O)Nc2sc3ccccc3c2C(=O)OC)cc1. The van der Waals surface area contributed by atoms with Gasteiger partial charge in [0.1, 0.15) is 10.6 Å². The number of nitrogens with zero attached hydrogens (tertiary/aromatic N) is 1. The van der Waals surface area contributed by atoms with E-state index in [4.69, 9.17) is 4.74 Å². The molecule has 0 aliphatic rings. The molecule has 3 aromatic rings. The Bertz CT molecular complexity index is 1220. The number of esters is 1. The van der Waals surface area contributed by atoms with Crippen LogP contribution in [0.15, 0.2) is 53.4 Å². The normalized spacial score (nSPS) is 11.6. The van der Waals surface area contributed by atoms with Gasteiger partial charge in [-0.05, 0) is 36.8 Å². The molecule has 0 saturated carbocycles. The van der Waals surface area contributed by atoms with E-state index in [0.717, 1.165) is 17.5 Å². The minimum atomic E-state index is -3.62. The van der Waals surface area contributed by atoms with Gasteiger partial charge in [0.25, 0.3) is 5.91 Å². The van der Waals surface area contributed by atoms with Gasteiger partial charge in [-0.15, -0.1) is 11.3 Å². The minimum Gasteiger partial charge on any atom is -0.465 e. The third-order valence-electron chi connectivity index (χ3n) is 5.08. The van der Waals surface area contributed by atoms with Gasteiger partial charge in [0.2, 0.25) is 10.0 Å². The molecule has 1 aromatic heterocycles. The van der Waals surface area contributed by atoms with E-state index in [-0.39, 0.29) is 10.5 Å². The highest BCUT2D eigenvalue weighted by Gasteiger charge is 2.24. The Morgan fingerprint density at radius 1 is 1.06 bits per heavy atom. The summed E-state index contributed by atoms with van der Waals surface area (Å²) in [6.07, 6.45) is 1.68. The van der Waals surface area contributed by atoms with Gasteiger partial charge >= 0.3 is 5.97 Å². The van der Waals surface area contributed by atoms with Crippen LogP contribution in [0.5, 0.6) is 0 Å². The minimum absolute atomic E-state index is 0.143. The summed E-state index contributed by atoms with van der Waals surface area (Å²) in [4.78, 5) is 25.3. The van der Waals surface area contributed by atoms with E-state index < -0.39 is 21.9 Å². The second kappa shape index (κ2) is 10.2. The average Bonchev–Trinajstić information content (AvgIpc) is 3.16. The van der Waals surface area contributed by atoms with Gasteiger partial charge < -0.3 is 10.1 Å². The fourth-order valence-corrected chi connectivity index (χ4v) is 5.90. The molecular weight excluding hydrogens is 448 g/mol. The van der Waals surface area contributed by atoms with Gasteiger partial charge in [0.15, 0.2) is 0 Å². The van der Waals surface area contributed by atoms with Crippen molar-refractivity contribution in [2.24, 2.45) is 0 Å². The molecule has 1 N–H and O–H groups in total. The van der Waals surface area contributed by atoms with Crippen LogP contribution < -0.4 is 5.32 Å². The van der Waals surface area contributed by atoms with Crippen molar-refractivity contribution in [3.8, 4) is 0 Å². The van der Waals surface area contributed by atoms with Crippen molar-refractivity contribution in [3.05, 3.63) is 59.7 Å². The highest BCUT2D eigenvalue weighted by Crippen LogP contribution is 2.36. The molecule has 0 fully saturated rings. The lowest BCUT2D eigenvalue weighted by atomic mass is 10.1. The van der Waals surface area contributed by atoms with Gasteiger partial charge in [-0.1, -0.05) is 38.5 Å². The number of carbonyl (C=O) groups excluding carboxylic acids is 2. The average molecular weight is 475 g/mol. The van der Waals surface area contributed by atoms with Crippen LogP contribution in [0, 0.1) is 0 Å². The molecule has 0 aliphatic heterocycles. The largest absolute Gasteiger partial charge is 0.465 e. The maximum atomic E-state index is 12.9. The number of hydrogen-bond acceptors (Lipinski definition) is 6. The molecule has 170 valence electrons. The Balaban J connectivity index is 1.85. The van der Waals surface area contributed by atoms with Crippen LogP contribution in [0.3, 0.4) is 0 Å². The van der Waals surface area contributed by atoms with E-state index in [1.165, 1.54) is 47.0 Å². The standard InChI is InChI=1S/C23H26N2O5S2/c1-4-6-15-25(5-2)32(28,29)17-13-11-16(12-14-17)21(26)24-22-20(23(27)30-3)18-9-7-8-10-19(18)31-22/h7-14H,4-6,15H2,1-3H3,(H,24,26). The maximum absolute atomic E-state index is 12.9. The van der Waals surface area contributed by atoms with E-state index in [9.17, 15) is 18.0 Å². The number of benzene rings is 2. The molecule has 1 heterocycles. The van der Waals surface area contributed by atoms with Crippen LogP contribution in [-0.2, 0) is 14.8 Å². The number of nitrogens with one attached hydrogen (secondary N) is 1. The second-order valence-corrected chi connectivity index (χ2v) is 10.1. The number of sulfonamides is 1. The molecule has 0 spiro atoms. The highest BCUT2D eigenvalue weighted by atomic mass is 32.2. The smallest absolute Gasteiger partial charge is 0.341 e. The van der Waals surface area contributed by atoms with Crippen LogP contribution in [0.1, 0.15) is 47.4 Å². The number of hydrogen-bond donors (Lipinski definition) is 1. The quantitative estimate of drug-likeness (QED) is 0.452. The highest BCUT2D eigenvalue weighted by molar-refractivity contribution is 7.89. The first-order valence-electron chi connectivity index (χ1n) is 10.3. The molecule has 0 radical (unpaired) electrons. The number of anilines is 1. The van der Waals surface area contributed by atoms with E-state index >= 15 is 0 Å². The van der Waals surface area contributed by atoms with Crippen molar-refractivity contribution in [3.63, 3.8) is 0 Å². The number of ether oxygens (including phenoxy) is 1. The summed E-state index contributed by atoms with van der Waals surface area (Å²) in [5.74, 6) is -0.977. The number of methoxy groups -OCH3 is 1. The van der Waals surface area contributed by atoms with Gasteiger partial charge in [-0.3, -0.25) is 4.79 Å². The number of unbranched alkanes of at least 4 members (excludes halogenated alkanes) is 1. The monoisotopic (exact) mass is 474 g/mol. The number of carbonyl (C=O) groups is 2. The van der Waals surface area contributed by atoms with Gasteiger partial charge in [-0.25, -0.2) is 13.2 Å². The molecule has 7 nitrogen and oxygen atoms in total. The first-order chi connectivity index (χ1) is 15.3. The Hall–Kier alpha value is -2.75. The summed E-state index contributed by atoms with van der Waals surface area (Å²) in [5, 5.41) is 3.86. The molecular formula is C23H26N2O5S2. The lowest BCUT2D eigenvalue weighted by molar-refractivity contribution is 0.0604. The summed E-state index contributed by atoms with van der Waals surface area (Å²) in [6.45, 7) is 4.65. The van der Waals surface area contributed by atoms with Crippen LogP contribution in [0.25, 0.3) is 10.1 Å². The molecule has 0 atom stereocenters. The van der Waals surface area contributed by atoms with Crippen LogP contribution >= 0.6 is 11.3 Å². The number of fused-ring (bicyclic) bond motifs is 1. The van der Waals surface area contributed by atoms with Gasteiger partial charge in [0.05, 0.1) is 12.0 Å². The molecule has 0 unspecified atom stereocenters. The fraction of sp³-hybridized carbons (Fsp3) is 0.304. The summed E-state index contributed by atoms with van der Waals surface area (Å²) >= 11 is 1.28. The Morgan fingerprint density at radius 3 is 2.38 bits per heavy atom. The van der Waals surface area contributed by atoms with E-state index in [2.05, 4.69) is 5.32 Å². The summed E-state index contributed by atoms with van der Waals surface area (Å²) < 4.78 is 32.9. The second-order valence-electron chi connectivity index (χ2n) is 7.12. The summed E-state index contributed by atoms with van der Waals surface area (Å²) in [6, 6.07) is 13.1. The lowest BCUT2D eigenvalue weighted by Crippen LogP contribution is -2.31. The molecule has 3 rings (SSSR count). The van der Waals surface area contributed by atoms with E-state index in [1.54, 1.807) is 13.0 Å². The predicted molar refractivity (Wildman–Crippen MR) is 127 cm³/mol. The predicted octanol–water partition coefficient (Wildman–Crippen LogP) is 4.75. The van der Waals surface area contributed by atoms with Crippen LogP contribution in [-0.4, -0.2) is 44.8 Å². The molecule has 0 bridgehead atoms. The number of thiophene rings is 1. The summed E-state index contributed by atoms with van der Waals surface area (Å²) in [7, 11) is -2.33. The molecule has 9 heteroatoms. The Kier molecular flexibility index (Phi) is 7.65. The van der Waals surface area contributed by atoms with Crippen LogP contribution in [0.4, 0.5) is 5.00 Å². The Morgan fingerprint density at radius 2 is 1.75 bits per heavy atom.